The zero-order chi connectivity index (χ0) is 12.7. The second-order valence-corrected chi connectivity index (χ2v) is 4.04. The lowest BCUT2D eigenvalue weighted by Gasteiger charge is -2.03. The normalized spacial score (nSPS) is 11.0. The van der Waals surface area contributed by atoms with Crippen LogP contribution >= 0.6 is 0 Å². The van der Waals surface area contributed by atoms with Crippen LogP contribution in [0.1, 0.15) is 0 Å². The molecule has 0 spiro atoms. The standard InChI is InChI=1S/C13H11FN4/c1-18-10-6-2-4-8(14)11(10)17-13(18)12-9(15)5-3-7-16-12/h2-7H,15H2,1H3. The van der Waals surface area contributed by atoms with E-state index in [1.807, 2.05) is 13.1 Å². The number of nitrogens with two attached hydrogens (primary N) is 1. The average Bonchev–Trinajstić information content (AvgIpc) is 2.70. The van der Waals surface area contributed by atoms with Gasteiger partial charge in [-0.25, -0.2) is 9.37 Å². The molecule has 0 radical (unpaired) electrons. The van der Waals surface area contributed by atoms with E-state index < -0.39 is 0 Å². The molecule has 3 rings (SSSR count). The fraction of sp³-hybridized carbons (Fsp3) is 0.0769. The number of para-hydroxylation sites is 1. The van der Waals surface area contributed by atoms with Gasteiger partial charge in [-0.05, 0) is 24.3 Å². The summed E-state index contributed by atoms with van der Waals surface area (Å²) in [5.41, 5.74) is 8.01. The van der Waals surface area contributed by atoms with Crippen LogP contribution in [-0.2, 0) is 7.05 Å². The first-order valence-electron chi connectivity index (χ1n) is 5.50. The Morgan fingerprint density at radius 2 is 2.06 bits per heavy atom. The molecule has 0 aliphatic carbocycles. The highest BCUT2D eigenvalue weighted by Crippen LogP contribution is 2.26. The first kappa shape index (κ1) is 10.7. The van der Waals surface area contributed by atoms with Crippen LogP contribution < -0.4 is 5.73 Å². The summed E-state index contributed by atoms with van der Waals surface area (Å²) >= 11 is 0. The predicted molar refractivity (Wildman–Crippen MR) is 68.3 cm³/mol. The van der Waals surface area contributed by atoms with Gasteiger partial charge in [-0.2, -0.15) is 0 Å². The van der Waals surface area contributed by atoms with Crippen LogP contribution in [-0.4, -0.2) is 14.5 Å². The molecule has 3 aromatic rings. The number of rotatable bonds is 1. The Bertz CT molecular complexity index is 733. The van der Waals surface area contributed by atoms with E-state index >= 15 is 0 Å². The number of nitrogens with zero attached hydrogens (tertiary/aromatic N) is 3. The largest absolute Gasteiger partial charge is 0.397 e. The van der Waals surface area contributed by atoms with Crippen LogP contribution in [0, 0.1) is 5.82 Å². The van der Waals surface area contributed by atoms with E-state index in [0.717, 1.165) is 5.52 Å². The predicted octanol–water partition coefficient (Wildman–Crippen LogP) is 2.36. The van der Waals surface area contributed by atoms with E-state index in [1.54, 1.807) is 29.0 Å². The molecule has 2 N–H and O–H groups in total. The van der Waals surface area contributed by atoms with Gasteiger partial charge in [-0.3, -0.25) is 4.98 Å². The van der Waals surface area contributed by atoms with Crippen molar-refractivity contribution in [3.8, 4) is 11.5 Å². The van der Waals surface area contributed by atoms with Crippen molar-refractivity contribution in [3.05, 3.63) is 42.3 Å². The Labute approximate surface area is 103 Å². The molecule has 0 saturated heterocycles. The van der Waals surface area contributed by atoms with Crippen molar-refractivity contribution in [3.63, 3.8) is 0 Å². The zero-order valence-corrected chi connectivity index (χ0v) is 9.76. The van der Waals surface area contributed by atoms with Crippen molar-refractivity contribution in [2.24, 2.45) is 7.05 Å². The zero-order valence-electron chi connectivity index (χ0n) is 9.76. The van der Waals surface area contributed by atoms with E-state index in [-0.39, 0.29) is 5.82 Å². The minimum atomic E-state index is -0.344. The quantitative estimate of drug-likeness (QED) is 0.712. The van der Waals surface area contributed by atoms with E-state index in [2.05, 4.69) is 9.97 Å². The number of nitrogen functional groups attached to an aromatic ring is 1. The highest BCUT2D eigenvalue weighted by molar-refractivity contribution is 5.82. The lowest BCUT2D eigenvalue weighted by molar-refractivity contribution is 0.637. The van der Waals surface area contributed by atoms with Crippen molar-refractivity contribution >= 4 is 16.7 Å². The average molecular weight is 242 g/mol. The van der Waals surface area contributed by atoms with Gasteiger partial charge in [0.15, 0.2) is 11.6 Å². The number of aromatic nitrogens is 3. The second kappa shape index (κ2) is 3.80. The number of benzene rings is 1. The van der Waals surface area contributed by atoms with Crippen LogP contribution in [0.25, 0.3) is 22.6 Å². The van der Waals surface area contributed by atoms with E-state index in [1.165, 1.54) is 6.07 Å². The summed E-state index contributed by atoms with van der Waals surface area (Å²) in [7, 11) is 1.82. The summed E-state index contributed by atoms with van der Waals surface area (Å²) in [5, 5.41) is 0. The first-order chi connectivity index (χ1) is 8.68. The molecule has 90 valence electrons. The van der Waals surface area contributed by atoms with Crippen LogP contribution in [0.2, 0.25) is 0 Å². The minimum Gasteiger partial charge on any atom is -0.397 e. The summed E-state index contributed by atoms with van der Waals surface area (Å²) in [6.45, 7) is 0. The monoisotopic (exact) mass is 242 g/mol. The van der Waals surface area contributed by atoms with E-state index in [9.17, 15) is 4.39 Å². The molecular weight excluding hydrogens is 231 g/mol. The van der Waals surface area contributed by atoms with Gasteiger partial charge in [-0.1, -0.05) is 6.07 Å². The Kier molecular flexibility index (Phi) is 2.26. The Hall–Kier alpha value is -2.43. The Balaban J connectivity index is 2.35. The van der Waals surface area contributed by atoms with Crippen LogP contribution in [0.4, 0.5) is 10.1 Å². The lowest BCUT2D eigenvalue weighted by Crippen LogP contribution is -1.98. The van der Waals surface area contributed by atoms with Crippen LogP contribution in [0.5, 0.6) is 0 Å². The maximum absolute atomic E-state index is 13.7. The minimum absolute atomic E-state index is 0.333. The van der Waals surface area contributed by atoms with Gasteiger partial charge in [0.2, 0.25) is 0 Å². The van der Waals surface area contributed by atoms with Crippen molar-refractivity contribution in [2.45, 2.75) is 0 Å². The molecule has 5 heteroatoms. The summed E-state index contributed by atoms with van der Waals surface area (Å²) in [4.78, 5) is 8.49. The molecule has 1 aromatic carbocycles. The molecular formula is C13H11FN4. The number of fused-ring (bicyclic) bond motifs is 1. The molecule has 0 aliphatic rings. The van der Waals surface area contributed by atoms with Gasteiger partial charge < -0.3 is 10.3 Å². The molecule has 0 fully saturated rings. The summed E-state index contributed by atoms with van der Waals surface area (Å²) in [6, 6.07) is 8.36. The molecule has 18 heavy (non-hydrogen) atoms. The smallest absolute Gasteiger partial charge is 0.161 e. The third-order valence-corrected chi connectivity index (χ3v) is 2.91. The van der Waals surface area contributed by atoms with Crippen LogP contribution in [0.15, 0.2) is 36.5 Å². The topological polar surface area (TPSA) is 56.7 Å². The fourth-order valence-corrected chi connectivity index (χ4v) is 2.00. The molecule has 0 atom stereocenters. The molecule has 0 amide bonds. The van der Waals surface area contributed by atoms with E-state index in [4.69, 9.17) is 5.73 Å². The van der Waals surface area contributed by atoms with E-state index in [0.29, 0.717) is 22.7 Å². The maximum atomic E-state index is 13.7. The number of imidazole rings is 1. The van der Waals surface area contributed by atoms with Gasteiger partial charge >= 0.3 is 0 Å². The summed E-state index contributed by atoms with van der Waals surface area (Å²) in [6.07, 6.45) is 1.64. The van der Waals surface area contributed by atoms with Crippen molar-refractivity contribution in [1.82, 2.24) is 14.5 Å². The molecule has 0 bridgehead atoms. The number of aryl methyl sites for hydroxylation is 1. The molecule has 0 saturated carbocycles. The molecule has 0 aliphatic heterocycles. The highest BCUT2D eigenvalue weighted by atomic mass is 19.1. The molecule has 4 nitrogen and oxygen atoms in total. The Morgan fingerprint density at radius 3 is 2.78 bits per heavy atom. The van der Waals surface area contributed by atoms with Gasteiger partial charge in [0.05, 0.1) is 11.2 Å². The van der Waals surface area contributed by atoms with Crippen molar-refractivity contribution in [2.75, 3.05) is 5.73 Å². The summed E-state index contributed by atoms with van der Waals surface area (Å²) < 4.78 is 15.5. The summed E-state index contributed by atoms with van der Waals surface area (Å²) in [5.74, 6) is 0.219. The number of pyridine rings is 1. The Morgan fingerprint density at radius 1 is 1.22 bits per heavy atom. The number of hydrogen-bond acceptors (Lipinski definition) is 3. The first-order valence-corrected chi connectivity index (χ1v) is 5.50. The second-order valence-electron chi connectivity index (χ2n) is 4.04. The van der Waals surface area contributed by atoms with Gasteiger partial charge in [-0.15, -0.1) is 0 Å². The van der Waals surface area contributed by atoms with Gasteiger partial charge in [0, 0.05) is 13.2 Å². The molecule has 0 unspecified atom stereocenters. The lowest BCUT2D eigenvalue weighted by atomic mass is 10.3. The van der Waals surface area contributed by atoms with Crippen molar-refractivity contribution < 1.29 is 4.39 Å². The molecule has 2 heterocycles. The molecule has 2 aromatic heterocycles. The van der Waals surface area contributed by atoms with Crippen molar-refractivity contribution in [1.29, 1.82) is 0 Å². The highest BCUT2D eigenvalue weighted by Gasteiger charge is 2.15. The number of hydrogen-bond donors (Lipinski definition) is 1. The third-order valence-electron chi connectivity index (χ3n) is 2.91. The van der Waals surface area contributed by atoms with Crippen LogP contribution in [0.3, 0.4) is 0 Å². The number of anilines is 1. The fourth-order valence-electron chi connectivity index (χ4n) is 2.00. The van der Waals surface area contributed by atoms with Gasteiger partial charge in [0.1, 0.15) is 11.2 Å². The SMILES string of the molecule is Cn1c(-c2ncccc2N)nc2c(F)cccc21. The van der Waals surface area contributed by atoms with Gasteiger partial charge in [0.25, 0.3) is 0 Å². The third kappa shape index (κ3) is 1.44. The number of halogens is 1. The maximum Gasteiger partial charge on any atom is 0.161 e.